The maximum absolute atomic E-state index is 12.7. The third-order valence-corrected chi connectivity index (χ3v) is 7.31. The minimum atomic E-state index is -3.07. The van der Waals surface area contributed by atoms with Crippen LogP contribution in [0.25, 0.3) is 10.9 Å². The topological polar surface area (TPSA) is 90.6 Å². The van der Waals surface area contributed by atoms with Gasteiger partial charge in [-0.2, -0.15) is 0 Å². The summed E-state index contributed by atoms with van der Waals surface area (Å²) in [6.45, 7) is 1.92. The molecular weight excluding hydrogens is 366 g/mol. The van der Waals surface area contributed by atoms with Crippen LogP contribution in [0.3, 0.4) is 0 Å². The van der Waals surface area contributed by atoms with Crippen LogP contribution in [0.15, 0.2) is 30.5 Å². The normalized spacial score (nSPS) is 22.3. The molecule has 0 radical (unpaired) electrons. The summed E-state index contributed by atoms with van der Waals surface area (Å²) in [5.41, 5.74) is 1.99. The Morgan fingerprint density at radius 3 is 2.48 bits per heavy atom. The molecule has 0 spiro atoms. The summed E-state index contributed by atoms with van der Waals surface area (Å²) in [5, 5.41) is 1.06. The van der Waals surface area contributed by atoms with Crippen LogP contribution in [-0.2, 0) is 25.8 Å². The lowest BCUT2D eigenvalue weighted by molar-refractivity contribution is -0.141. The highest BCUT2D eigenvalue weighted by Gasteiger charge is 2.36. The van der Waals surface area contributed by atoms with Gasteiger partial charge < -0.3 is 14.8 Å². The monoisotopic (exact) mass is 389 g/mol. The van der Waals surface area contributed by atoms with Crippen LogP contribution in [-0.4, -0.2) is 72.7 Å². The number of aromatic nitrogens is 1. The minimum Gasteiger partial charge on any atom is -0.361 e. The molecular formula is C19H23N3O4S. The third kappa shape index (κ3) is 3.71. The van der Waals surface area contributed by atoms with Gasteiger partial charge in [-0.15, -0.1) is 0 Å². The quantitative estimate of drug-likeness (QED) is 0.841. The molecule has 3 heterocycles. The van der Waals surface area contributed by atoms with Gasteiger partial charge in [0.25, 0.3) is 0 Å². The van der Waals surface area contributed by atoms with E-state index in [1.54, 1.807) is 9.80 Å². The molecule has 27 heavy (non-hydrogen) atoms. The van der Waals surface area contributed by atoms with Gasteiger partial charge in [-0.1, -0.05) is 18.2 Å². The fourth-order valence-corrected chi connectivity index (χ4v) is 5.71. The fraction of sp³-hybridized carbons (Fsp3) is 0.474. The number of rotatable bonds is 3. The van der Waals surface area contributed by atoms with Crippen molar-refractivity contribution in [2.24, 2.45) is 5.92 Å². The second-order valence-corrected chi connectivity index (χ2v) is 9.57. The van der Waals surface area contributed by atoms with Gasteiger partial charge >= 0.3 is 0 Å². The number of hydrogen-bond acceptors (Lipinski definition) is 4. The maximum Gasteiger partial charge on any atom is 0.227 e. The van der Waals surface area contributed by atoms with Crippen LogP contribution in [0.5, 0.6) is 0 Å². The van der Waals surface area contributed by atoms with Crippen LogP contribution in [0.1, 0.15) is 12.0 Å². The van der Waals surface area contributed by atoms with Gasteiger partial charge in [0.1, 0.15) is 0 Å². The number of nitrogens with zero attached hydrogens (tertiary/aromatic N) is 2. The van der Waals surface area contributed by atoms with E-state index in [2.05, 4.69) is 4.98 Å². The molecule has 8 heteroatoms. The van der Waals surface area contributed by atoms with Gasteiger partial charge in [0.2, 0.25) is 11.8 Å². The molecule has 0 aliphatic carbocycles. The van der Waals surface area contributed by atoms with Crippen LogP contribution in [0.4, 0.5) is 0 Å². The van der Waals surface area contributed by atoms with Crippen molar-refractivity contribution in [2.75, 3.05) is 37.7 Å². The van der Waals surface area contributed by atoms with E-state index in [-0.39, 0.29) is 23.3 Å². The Kier molecular flexibility index (Phi) is 4.67. The van der Waals surface area contributed by atoms with Crippen molar-refractivity contribution in [1.82, 2.24) is 14.8 Å². The van der Waals surface area contributed by atoms with E-state index in [0.29, 0.717) is 39.0 Å². The number of H-pyrrole nitrogens is 1. The van der Waals surface area contributed by atoms with E-state index in [0.717, 1.165) is 16.5 Å². The molecule has 2 aliphatic heterocycles. The van der Waals surface area contributed by atoms with Gasteiger partial charge in [-0.3, -0.25) is 9.59 Å². The third-order valence-electron chi connectivity index (χ3n) is 5.54. The van der Waals surface area contributed by atoms with E-state index in [1.807, 2.05) is 30.5 Å². The summed E-state index contributed by atoms with van der Waals surface area (Å²) in [5.74, 6) is -0.378. The smallest absolute Gasteiger partial charge is 0.227 e. The van der Waals surface area contributed by atoms with Gasteiger partial charge in [-0.25, -0.2) is 8.42 Å². The molecule has 2 saturated heterocycles. The molecule has 4 rings (SSSR count). The largest absolute Gasteiger partial charge is 0.361 e. The maximum atomic E-state index is 12.7. The van der Waals surface area contributed by atoms with Crippen LogP contribution >= 0.6 is 0 Å². The van der Waals surface area contributed by atoms with Gasteiger partial charge in [0, 0.05) is 43.3 Å². The zero-order chi connectivity index (χ0) is 19.0. The zero-order valence-corrected chi connectivity index (χ0v) is 15.9. The number of para-hydroxylation sites is 1. The molecule has 1 aromatic carbocycles. The number of aromatic amines is 1. The van der Waals surface area contributed by atoms with E-state index in [1.165, 1.54) is 0 Å². The van der Waals surface area contributed by atoms with E-state index in [9.17, 15) is 18.0 Å². The SMILES string of the molecule is O=C(Cc1c[nH]c2ccccc12)N1CCN(C(=O)C2CCS(=O)(=O)C2)CC1. The molecule has 2 amide bonds. The average Bonchev–Trinajstić information content (AvgIpc) is 3.24. The van der Waals surface area contributed by atoms with E-state index >= 15 is 0 Å². The predicted octanol–water partition coefficient (Wildman–Crippen LogP) is 0.816. The molecule has 144 valence electrons. The Morgan fingerprint density at radius 1 is 1.07 bits per heavy atom. The van der Waals surface area contributed by atoms with Crippen molar-refractivity contribution in [2.45, 2.75) is 12.8 Å². The first kappa shape index (κ1) is 18.0. The van der Waals surface area contributed by atoms with E-state index < -0.39 is 15.8 Å². The van der Waals surface area contributed by atoms with Gasteiger partial charge in [0.15, 0.2) is 9.84 Å². The summed E-state index contributed by atoms with van der Waals surface area (Å²) in [6.07, 6.45) is 2.63. The lowest BCUT2D eigenvalue weighted by Gasteiger charge is -2.36. The molecule has 2 aliphatic rings. The first-order valence-electron chi connectivity index (χ1n) is 9.25. The number of sulfone groups is 1. The first-order valence-corrected chi connectivity index (χ1v) is 11.1. The van der Waals surface area contributed by atoms with Crippen molar-refractivity contribution < 1.29 is 18.0 Å². The summed E-state index contributed by atoms with van der Waals surface area (Å²) in [7, 11) is -3.07. The fourth-order valence-electron chi connectivity index (χ4n) is 3.98. The Labute approximate surface area is 158 Å². The lowest BCUT2D eigenvalue weighted by atomic mass is 10.1. The highest BCUT2D eigenvalue weighted by atomic mass is 32.2. The molecule has 1 N–H and O–H groups in total. The van der Waals surface area contributed by atoms with E-state index in [4.69, 9.17) is 0 Å². The number of nitrogens with one attached hydrogen (secondary N) is 1. The number of fused-ring (bicyclic) bond motifs is 1. The highest BCUT2D eigenvalue weighted by Crippen LogP contribution is 2.22. The molecule has 2 fully saturated rings. The molecule has 1 unspecified atom stereocenters. The second-order valence-electron chi connectivity index (χ2n) is 7.34. The molecule has 0 bridgehead atoms. The van der Waals surface area contributed by atoms with Gasteiger partial charge in [0.05, 0.1) is 23.8 Å². The summed E-state index contributed by atoms with van der Waals surface area (Å²) >= 11 is 0. The summed E-state index contributed by atoms with van der Waals surface area (Å²) < 4.78 is 23.2. The van der Waals surface area contributed by atoms with Crippen molar-refractivity contribution in [3.05, 3.63) is 36.0 Å². The van der Waals surface area contributed by atoms with Crippen molar-refractivity contribution in [3.8, 4) is 0 Å². The Bertz CT molecular complexity index is 974. The first-order chi connectivity index (χ1) is 12.9. The standard InChI is InChI=1S/C19H23N3O4S/c23-18(11-15-12-20-17-4-2-1-3-16(15)17)21-6-8-22(9-7-21)19(24)14-5-10-27(25,26)13-14/h1-4,12,14,20H,5-11,13H2. The van der Waals surface area contributed by atoms with Gasteiger partial charge in [-0.05, 0) is 18.1 Å². The number of carbonyl (C=O) groups is 2. The molecule has 1 atom stereocenters. The second kappa shape index (κ2) is 6.99. The minimum absolute atomic E-state index is 0.0362. The number of benzene rings is 1. The summed E-state index contributed by atoms with van der Waals surface area (Å²) in [4.78, 5) is 31.9. The number of hydrogen-bond donors (Lipinski definition) is 1. The van der Waals surface area contributed by atoms with Crippen LogP contribution in [0.2, 0.25) is 0 Å². The Morgan fingerprint density at radius 2 is 1.78 bits per heavy atom. The average molecular weight is 389 g/mol. The molecule has 1 aromatic heterocycles. The number of piperazine rings is 1. The molecule has 7 nitrogen and oxygen atoms in total. The van der Waals surface area contributed by atoms with Crippen molar-refractivity contribution >= 4 is 32.6 Å². The van der Waals surface area contributed by atoms with Crippen molar-refractivity contribution in [1.29, 1.82) is 0 Å². The molecule has 2 aromatic rings. The van der Waals surface area contributed by atoms with Crippen molar-refractivity contribution in [3.63, 3.8) is 0 Å². The summed E-state index contributed by atoms with van der Waals surface area (Å²) in [6, 6.07) is 7.89. The van der Waals surface area contributed by atoms with Crippen LogP contribution < -0.4 is 0 Å². The Balaban J connectivity index is 1.33. The number of carbonyl (C=O) groups excluding carboxylic acids is 2. The van der Waals surface area contributed by atoms with Crippen LogP contribution in [0, 0.1) is 5.92 Å². The lowest BCUT2D eigenvalue weighted by Crippen LogP contribution is -2.52. The zero-order valence-electron chi connectivity index (χ0n) is 15.1. The Hall–Kier alpha value is -2.35. The molecule has 0 saturated carbocycles. The highest BCUT2D eigenvalue weighted by molar-refractivity contribution is 7.91. The predicted molar refractivity (Wildman–Crippen MR) is 102 cm³/mol. The number of amides is 2.